The van der Waals surface area contributed by atoms with Crippen LogP contribution in [0.5, 0.6) is 0 Å². The highest BCUT2D eigenvalue weighted by Crippen LogP contribution is 2.34. The van der Waals surface area contributed by atoms with Crippen molar-refractivity contribution < 1.29 is 0 Å². The van der Waals surface area contributed by atoms with E-state index in [4.69, 9.17) is 0 Å². The molecule has 7 aromatic rings. The molecular formula is C38H38. The summed E-state index contributed by atoms with van der Waals surface area (Å²) in [5, 5.41) is 10.6. The summed E-state index contributed by atoms with van der Waals surface area (Å²) in [6.07, 6.45) is 0. The summed E-state index contributed by atoms with van der Waals surface area (Å²) in [6.45, 7) is 4.00. The van der Waals surface area contributed by atoms with E-state index in [1.165, 1.54) is 54.2 Å². The Kier molecular flexibility index (Phi) is 9.79. The van der Waals surface area contributed by atoms with Gasteiger partial charge in [-0.15, -0.1) is 0 Å². The molecule has 0 heterocycles. The van der Waals surface area contributed by atoms with E-state index in [1.807, 2.05) is 13.8 Å². The summed E-state index contributed by atoms with van der Waals surface area (Å²) in [4.78, 5) is 0. The van der Waals surface area contributed by atoms with Crippen LogP contribution >= 0.6 is 0 Å². The molecule has 0 nitrogen and oxygen atoms in total. The molecule has 0 radical (unpaired) electrons. The lowest BCUT2D eigenvalue weighted by Crippen LogP contribution is -1.83. The van der Waals surface area contributed by atoms with Gasteiger partial charge in [-0.2, -0.15) is 0 Å². The Morgan fingerprint density at radius 3 is 1.21 bits per heavy atom. The van der Waals surface area contributed by atoms with Crippen LogP contribution in [0.15, 0.2) is 146 Å². The lowest BCUT2D eigenvalue weighted by Gasteiger charge is -2.10. The van der Waals surface area contributed by atoms with Crippen LogP contribution in [-0.2, 0) is 0 Å². The van der Waals surface area contributed by atoms with E-state index in [0.29, 0.717) is 0 Å². The Bertz CT molecular complexity index is 1690. The lowest BCUT2D eigenvalue weighted by atomic mass is 9.93. The minimum atomic E-state index is 0. The third-order valence-electron chi connectivity index (χ3n) is 6.51. The summed E-state index contributed by atoms with van der Waals surface area (Å²) in [5.41, 5.74) is 2.58. The second-order valence-corrected chi connectivity index (χ2v) is 8.56. The second kappa shape index (κ2) is 13.2. The molecule has 0 bridgehead atoms. The average Bonchev–Trinajstić information content (AvgIpc) is 2.98. The maximum absolute atomic E-state index is 2.30. The van der Waals surface area contributed by atoms with Crippen molar-refractivity contribution in [2.75, 3.05) is 0 Å². The first-order valence-corrected chi connectivity index (χ1v) is 12.7. The van der Waals surface area contributed by atoms with Crippen molar-refractivity contribution >= 4 is 43.1 Å². The third-order valence-corrected chi connectivity index (χ3v) is 6.51. The molecule has 0 aliphatic heterocycles. The molecule has 0 fully saturated rings. The van der Waals surface area contributed by atoms with Crippen molar-refractivity contribution in [2.45, 2.75) is 28.7 Å². The Hall–Kier alpha value is -4.42. The van der Waals surface area contributed by atoms with Gasteiger partial charge in [-0.3, -0.25) is 0 Å². The van der Waals surface area contributed by atoms with Crippen LogP contribution in [0.3, 0.4) is 0 Å². The summed E-state index contributed by atoms with van der Waals surface area (Å²) in [6, 6.07) is 51.5. The van der Waals surface area contributed by atoms with E-state index < -0.39 is 0 Å². The fourth-order valence-corrected chi connectivity index (χ4v) is 4.87. The zero-order valence-corrected chi connectivity index (χ0v) is 20.9. The lowest BCUT2D eigenvalue weighted by molar-refractivity contribution is 1.50. The van der Waals surface area contributed by atoms with Gasteiger partial charge >= 0.3 is 0 Å². The van der Waals surface area contributed by atoms with Crippen LogP contribution in [-0.4, -0.2) is 0 Å². The molecule has 0 amide bonds. The number of fused-ring (bicyclic) bond motifs is 6. The van der Waals surface area contributed by atoms with Gasteiger partial charge in [0.2, 0.25) is 0 Å². The molecule has 0 aliphatic rings. The predicted octanol–water partition coefficient (Wildman–Crippen LogP) is 12.0. The zero-order chi connectivity index (χ0) is 24.7. The molecule has 0 atom stereocenters. The predicted molar refractivity (Wildman–Crippen MR) is 173 cm³/mol. The zero-order valence-electron chi connectivity index (χ0n) is 20.9. The number of hydrogen-bond acceptors (Lipinski definition) is 0. The smallest absolute Gasteiger partial charge is 0.00990 e. The second-order valence-electron chi connectivity index (χ2n) is 8.56. The SMILES string of the molecule is C.C.CC.c1ccc(-c2cc3ccccc3c3ccccc23)cc1.c1ccc2c(c1)ccc1ccccc12. The molecule has 190 valence electrons. The van der Waals surface area contributed by atoms with Crippen molar-refractivity contribution in [3.8, 4) is 11.1 Å². The molecule has 0 saturated heterocycles. The number of hydrogen-bond donors (Lipinski definition) is 0. The molecule has 0 spiro atoms. The van der Waals surface area contributed by atoms with E-state index in [9.17, 15) is 0 Å². The molecule has 7 aromatic carbocycles. The Morgan fingerprint density at radius 1 is 0.316 bits per heavy atom. The Balaban J connectivity index is 0.000000197. The summed E-state index contributed by atoms with van der Waals surface area (Å²) < 4.78 is 0. The van der Waals surface area contributed by atoms with Crippen LogP contribution in [0, 0.1) is 0 Å². The highest BCUT2D eigenvalue weighted by Gasteiger charge is 2.07. The van der Waals surface area contributed by atoms with Crippen molar-refractivity contribution in [3.05, 3.63) is 146 Å². The van der Waals surface area contributed by atoms with E-state index in [1.54, 1.807) is 0 Å². The molecule has 0 unspecified atom stereocenters. The number of benzene rings is 7. The van der Waals surface area contributed by atoms with Gasteiger partial charge < -0.3 is 0 Å². The monoisotopic (exact) mass is 494 g/mol. The van der Waals surface area contributed by atoms with Crippen LogP contribution in [0.4, 0.5) is 0 Å². The Labute approximate surface area is 228 Å². The molecule has 0 heteroatoms. The van der Waals surface area contributed by atoms with Gasteiger partial charge in [0.1, 0.15) is 0 Å². The van der Waals surface area contributed by atoms with E-state index in [2.05, 4.69) is 146 Å². The van der Waals surface area contributed by atoms with Gasteiger partial charge in [-0.1, -0.05) is 168 Å². The van der Waals surface area contributed by atoms with Crippen molar-refractivity contribution in [3.63, 3.8) is 0 Å². The van der Waals surface area contributed by atoms with E-state index in [0.717, 1.165) is 0 Å². The van der Waals surface area contributed by atoms with Gasteiger partial charge in [-0.05, 0) is 60.3 Å². The molecule has 0 saturated carbocycles. The quantitative estimate of drug-likeness (QED) is 0.199. The maximum Gasteiger partial charge on any atom is -0.00990 e. The minimum Gasteiger partial charge on any atom is -0.0776 e. The molecule has 0 N–H and O–H groups in total. The highest BCUT2D eigenvalue weighted by molar-refractivity contribution is 6.13. The third kappa shape index (κ3) is 5.61. The fraction of sp³-hybridized carbons (Fsp3) is 0.105. The largest absolute Gasteiger partial charge is 0.0776 e. The van der Waals surface area contributed by atoms with Crippen LogP contribution < -0.4 is 0 Å². The molecule has 0 aromatic heterocycles. The first kappa shape index (κ1) is 28.2. The standard InChI is InChI=1S/C20H14.C14H10.C2H6.2CH4/c1-2-8-15(9-3-1)20-14-16-10-4-5-11-17(16)18-12-6-7-13-19(18)20;1-3-7-13-11(5-1)9-10-12-6-2-4-8-14(12)13;1-2;;/h1-14H;1-10H;1-2H3;2*1H4. The first-order valence-electron chi connectivity index (χ1n) is 12.7. The number of rotatable bonds is 1. The van der Waals surface area contributed by atoms with E-state index >= 15 is 0 Å². The minimum absolute atomic E-state index is 0. The molecule has 38 heavy (non-hydrogen) atoms. The van der Waals surface area contributed by atoms with Crippen LogP contribution in [0.25, 0.3) is 54.2 Å². The molecular weight excluding hydrogens is 456 g/mol. The molecule has 0 aliphatic carbocycles. The fourth-order valence-electron chi connectivity index (χ4n) is 4.87. The van der Waals surface area contributed by atoms with Gasteiger partial charge in [0.15, 0.2) is 0 Å². The Morgan fingerprint density at radius 2 is 0.684 bits per heavy atom. The van der Waals surface area contributed by atoms with Crippen molar-refractivity contribution in [1.29, 1.82) is 0 Å². The topological polar surface area (TPSA) is 0 Å². The van der Waals surface area contributed by atoms with Gasteiger partial charge in [-0.25, -0.2) is 0 Å². The van der Waals surface area contributed by atoms with Gasteiger partial charge in [0.05, 0.1) is 0 Å². The summed E-state index contributed by atoms with van der Waals surface area (Å²) >= 11 is 0. The maximum atomic E-state index is 2.30. The first-order chi connectivity index (χ1) is 17.9. The summed E-state index contributed by atoms with van der Waals surface area (Å²) in [5.74, 6) is 0. The van der Waals surface area contributed by atoms with Gasteiger partial charge in [0, 0.05) is 0 Å². The van der Waals surface area contributed by atoms with E-state index in [-0.39, 0.29) is 14.9 Å². The molecule has 7 rings (SSSR count). The van der Waals surface area contributed by atoms with Crippen LogP contribution in [0.1, 0.15) is 28.7 Å². The normalized spacial score (nSPS) is 9.95. The van der Waals surface area contributed by atoms with Crippen LogP contribution in [0.2, 0.25) is 0 Å². The van der Waals surface area contributed by atoms with Crippen molar-refractivity contribution in [1.82, 2.24) is 0 Å². The van der Waals surface area contributed by atoms with Crippen molar-refractivity contribution in [2.24, 2.45) is 0 Å². The highest BCUT2D eigenvalue weighted by atomic mass is 14.1. The average molecular weight is 495 g/mol. The van der Waals surface area contributed by atoms with Gasteiger partial charge in [0.25, 0.3) is 0 Å². The summed E-state index contributed by atoms with van der Waals surface area (Å²) in [7, 11) is 0.